The van der Waals surface area contributed by atoms with E-state index in [0.29, 0.717) is 13.2 Å². The maximum absolute atomic E-state index is 12.2. The zero-order valence-electron chi connectivity index (χ0n) is 16.3. The molecule has 0 atom stereocenters. The van der Waals surface area contributed by atoms with Gasteiger partial charge in [-0.1, -0.05) is 66.7 Å². The number of carbonyl (C=O) groups is 1. The van der Waals surface area contributed by atoms with Crippen molar-refractivity contribution in [2.24, 2.45) is 0 Å². The highest BCUT2D eigenvalue weighted by Gasteiger charge is 2.28. The highest BCUT2D eigenvalue weighted by molar-refractivity contribution is 5.79. The molecule has 5 heteroatoms. The first-order valence-electron chi connectivity index (χ1n) is 10.00. The fourth-order valence-corrected chi connectivity index (χ4v) is 4.01. The Hall–Kier alpha value is -3.86. The van der Waals surface area contributed by atoms with Crippen LogP contribution in [-0.4, -0.2) is 29.2 Å². The van der Waals surface area contributed by atoms with Crippen LogP contribution in [0.2, 0.25) is 0 Å². The van der Waals surface area contributed by atoms with Crippen LogP contribution in [0.15, 0.2) is 78.9 Å². The molecular formula is C25H21N3O2. The second-order valence-electron chi connectivity index (χ2n) is 7.25. The summed E-state index contributed by atoms with van der Waals surface area (Å²) < 4.78 is 5.53. The predicted octanol–water partition coefficient (Wildman–Crippen LogP) is 5.11. The Morgan fingerprint density at radius 2 is 1.63 bits per heavy atom. The SMILES string of the molecule is O=C(NCC=Cc1nc2ccccc2[nH]1)OCC1c2ccccc2-c2ccccc21. The number of rotatable bonds is 5. The van der Waals surface area contributed by atoms with Crippen molar-refractivity contribution >= 4 is 23.2 Å². The van der Waals surface area contributed by atoms with Crippen LogP contribution < -0.4 is 5.32 Å². The topological polar surface area (TPSA) is 67.0 Å². The summed E-state index contributed by atoms with van der Waals surface area (Å²) in [6, 6.07) is 24.5. The third-order valence-corrected chi connectivity index (χ3v) is 5.39. The lowest BCUT2D eigenvalue weighted by Gasteiger charge is -2.14. The van der Waals surface area contributed by atoms with Gasteiger partial charge in [-0.25, -0.2) is 9.78 Å². The molecule has 1 aliphatic carbocycles. The molecule has 0 saturated heterocycles. The minimum absolute atomic E-state index is 0.0641. The molecule has 0 fully saturated rings. The van der Waals surface area contributed by atoms with Crippen LogP contribution in [0, 0.1) is 0 Å². The van der Waals surface area contributed by atoms with Crippen molar-refractivity contribution in [2.45, 2.75) is 5.92 Å². The van der Waals surface area contributed by atoms with E-state index in [1.165, 1.54) is 22.3 Å². The van der Waals surface area contributed by atoms with Gasteiger partial charge in [-0.3, -0.25) is 0 Å². The van der Waals surface area contributed by atoms with Gasteiger partial charge in [0.2, 0.25) is 0 Å². The molecule has 2 N–H and O–H groups in total. The number of amides is 1. The van der Waals surface area contributed by atoms with Crippen LogP contribution in [0.5, 0.6) is 0 Å². The van der Waals surface area contributed by atoms with E-state index < -0.39 is 6.09 Å². The van der Waals surface area contributed by atoms with Crippen LogP contribution in [0.4, 0.5) is 4.79 Å². The van der Waals surface area contributed by atoms with Crippen molar-refractivity contribution in [1.29, 1.82) is 0 Å². The van der Waals surface area contributed by atoms with E-state index in [1.807, 2.05) is 60.7 Å². The number of hydrogen-bond acceptors (Lipinski definition) is 3. The number of para-hydroxylation sites is 2. The van der Waals surface area contributed by atoms with Gasteiger partial charge in [0.1, 0.15) is 12.4 Å². The van der Waals surface area contributed by atoms with Crippen molar-refractivity contribution in [3.05, 3.63) is 95.8 Å². The average molecular weight is 395 g/mol. The molecule has 4 aromatic rings. The number of carbonyl (C=O) groups excluding carboxylic acids is 1. The molecular weight excluding hydrogens is 374 g/mol. The summed E-state index contributed by atoms with van der Waals surface area (Å²) in [6.07, 6.45) is 3.27. The monoisotopic (exact) mass is 395 g/mol. The Kier molecular flexibility index (Phi) is 4.77. The van der Waals surface area contributed by atoms with Crippen LogP contribution in [0.25, 0.3) is 28.2 Å². The van der Waals surface area contributed by atoms with E-state index in [-0.39, 0.29) is 5.92 Å². The first-order chi connectivity index (χ1) is 14.8. The quantitative estimate of drug-likeness (QED) is 0.493. The lowest BCUT2D eigenvalue weighted by atomic mass is 9.98. The summed E-state index contributed by atoms with van der Waals surface area (Å²) >= 11 is 0. The van der Waals surface area contributed by atoms with E-state index in [4.69, 9.17) is 4.74 Å². The molecule has 0 spiro atoms. The molecule has 148 valence electrons. The van der Waals surface area contributed by atoms with E-state index in [1.54, 1.807) is 0 Å². The minimum atomic E-state index is -0.425. The average Bonchev–Trinajstić information content (AvgIpc) is 3.34. The number of benzene rings is 3. The van der Waals surface area contributed by atoms with Gasteiger partial charge < -0.3 is 15.0 Å². The number of nitrogens with one attached hydrogen (secondary N) is 2. The molecule has 1 amide bonds. The predicted molar refractivity (Wildman–Crippen MR) is 118 cm³/mol. The number of aromatic nitrogens is 2. The van der Waals surface area contributed by atoms with Gasteiger partial charge in [0, 0.05) is 12.5 Å². The fraction of sp³-hybridized carbons (Fsp3) is 0.120. The molecule has 0 radical (unpaired) electrons. The molecule has 5 nitrogen and oxygen atoms in total. The van der Waals surface area contributed by atoms with Gasteiger partial charge in [0.05, 0.1) is 11.0 Å². The van der Waals surface area contributed by atoms with Gasteiger partial charge in [-0.2, -0.15) is 0 Å². The highest BCUT2D eigenvalue weighted by Crippen LogP contribution is 2.44. The van der Waals surface area contributed by atoms with Crippen LogP contribution >= 0.6 is 0 Å². The Morgan fingerprint density at radius 1 is 0.967 bits per heavy atom. The third kappa shape index (κ3) is 3.46. The Bertz CT molecular complexity index is 1160. The van der Waals surface area contributed by atoms with Crippen LogP contribution in [-0.2, 0) is 4.74 Å². The van der Waals surface area contributed by atoms with E-state index >= 15 is 0 Å². The molecule has 0 saturated carbocycles. The van der Waals surface area contributed by atoms with E-state index in [9.17, 15) is 4.79 Å². The molecule has 0 unspecified atom stereocenters. The molecule has 0 aliphatic heterocycles. The maximum atomic E-state index is 12.2. The minimum Gasteiger partial charge on any atom is -0.449 e. The molecule has 3 aromatic carbocycles. The molecule has 1 aliphatic rings. The van der Waals surface area contributed by atoms with Gasteiger partial charge in [0.25, 0.3) is 0 Å². The fourth-order valence-electron chi connectivity index (χ4n) is 4.01. The lowest BCUT2D eigenvalue weighted by Crippen LogP contribution is -2.26. The number of hydrogen-bond donors (Lipinski definition) is 2. The summed E-state index contributed by atoms with van der Waals surface area (Å²) in [4.78, 5) is 19.9. The number of nitrogens with zero attached hydrogens (tertiary/aromatic N) is 1. The summed E-state index contributed by atoms with van der Waals surface area (Å²) in [5.41, 5.74) is 6.75. The largest absolute Gasteiger partial charge is 0.449 e. The number of H-pyrrole nitrogens is 1. The molecule has 5 rings (SSSR count). The summed E-state index contributed by atoms with van der Waals surface area (Å²) in [6.45, 7) is 0.681. The van der Waals surface area contributed by atoms with Gasteiger partial charge in [0.15, 0.2) is 0 Å². The van der Waals surface area contributed by atoms with Crippen molar-refractivity contribution < 1.29 is 9.53 Å². The number of fused-ring (bicyclic) bond motifs is 4. The highest BCUT2D eigenvalue weighted by atomic mass is 16.5. The van der Waals surface area contributed by atoms with Crippen LogP contribution in [0.1, 0.15) is 22.9 Å². The van der Waals surface area contributed by atoms with Crippen molar-refractivity contribution in [3.8, 4) is 11.1 Å². The number of aromatic amines is 1. The number of imidazole rings is 1. The van der Waals surface area contributed by atoms with Gasteiger partial charge >= 0.3 is 6.09 Å². The lowest BCUT2D eigenvalue weighted by molar-refractivity contribution is 0.144. The van der Waals surface area contributed by atoms with Gasteiger partial charge in [-0.15, -0.1) is 0 Å². The molecule has 1 heterocycles. The molecule has 1 aromatic heterocycles. The normalized spacial score (nSPS) is 12.8. The zero-order chi connectivity index (χ0) is 20.3. The summed E-state index contributed by atoms with van der Waals surface area (Å²) in [5, 5.41) is 2.77. The zero-order valence-corrected chi connectivity index (χ0v) is 16.3. The first-order valence-corrected chi connectivity index (χ1v) is 10.00. The van der Waals surface area contributed by atoms with E-state index in [2.05, 4.69) is 39.6 Å². The van der Waals surface area contributed by atoms with E-state index in [0.717, 1.165) is 16.9 Å². The van der Waals surface area contributed by atoms with Crippen LogP contribution in [0.3, 0.4) is 0 Å². The third-order valence-electron chi connectivity index (χ3n) is 5.39. The molecule has 0 bridgehead atoms. The Morgan fingerprint density at radius 3 is 2.37 bits per heavy atom. The van der Waals surface area contributed by atoms with Crippen molar-refractivity contribution in [3.63, 3.8) is 0 Å². The second kappa shape index (κ2) is 7.87. The molecule has 30 heavy (non-hydrogen) atoms. The first kappa shape index (κ1) is 18.2. The Labute approximate surface area is 174 Å². The standard InChI is InChI=1S/C25H21N3O2/c29-25(26-15-7-14-24-27-22-12-5-6-13-23(22)28-24)30-16-21-19-10-3-1-8-17(19)18-9-2-4-11-20(18)21/h1-14,21H,15-16H2,(H,26,29)(H,27,28). The summed E-state index contributed by atoms with van der Waals surface area (Å²) in [7, 11) is 0. The Balaban J connectivity index is 1.18. The smallest absolute Gasteiger partial charge is 0.407 e. The second-order valence-corrected chi connectivity index (χ2v) is 7.25. The number of alkyl carbamates (subject to hydrolysis) is 1. The summed E-state index contributed by atoms with van der Waals surface area (Å²) in [5.74, 6) is 0.819. The number of ether oxygens (including phenoxy) is 1. The van der Waals surface area contributed by atoms with Crippen molar-refractivity contribution in [1.82, 2.24) is 15.3 Å². The van der Waals surface area contributed by atoms with Gasteiger partial charge in [-0.05, 0) is 40.5 Å². The van der Waals surface area contributed by atoms with Crippen molar-refractivity contribution in [2.75, 3.05) is 13.2 Å². The maximum Gasteiger partial charge on any atom is 0.407 e.